The number of aryl methyl sites for hydroxylation is 1. The van der Waals surface area contributed by atoms with Crippen molar-refractivity contribution in [2.24, 2.45) is 7.05 Å². The van der Waals surface area contributed by atoms with Crippen molar-refractivity contribution in [3.63, 3.8) is 0 Å². The Morgan fingerprint density at radius 1 is 1.17 bits per heavy atom. The molecule has 0 bridgehead atoms. The third kappa shape index (κ3) is 5.23. The number of benzene rings is 2. The maximum atomic E-state index is 12.3. The highest BCUT2D eigenvalue weighted by Gasteiger charge is 2.08. The zero-order valence-electron chi connectivity index (χ0n) is 16.7. The van der Waals surface area contributed by atoms with E-state index in [1.807, 2.05) is 48.5 Å². The standard InChI is InChI=1S/C24H24N2O3/c1-4-7-19-8-5-6-9-24(19)29-17-20-14-18(11-13-23(20)28-3)10-12-22(27)21-15-25-26(2)16-21/h4-6,8-16H,1,7,17H2,2-3H3/b12-10+. The highest BCUT2D eigenvalue weighted by molar-refractivity contribution is 6.06. The average Bonchev–Trinajstić information content (AvgIpc) is 3.18. The number of carbonyl (C=O) groups excluding carboxylic acids is 1. The van der Waals surface area contributed by atoms with Crippen molar-refractivity contribution >= 4 is 11.9 Å². The smallest absolute Gasteiger partial charge is 0.189 e. The van der Waals surface area contributed by atoms with Crippen molar-refractivity contribution in [1.82, 2.24) is 9.78 Å². The van der Waals surface area contributed by atoms with Gasteiger partial charge in [-0.25, -0.2) is 0 Å². The molecule has 0 amide bonds. The molecule has 5 heteroatoms. The van der Waals surface area contributed by atoms with E-state index in [1.165, 1.54) is 0 Å². The fraction of sp³-hybridized carbons (Fsp3) is 0.167. The van der Waals surface area contributed by atoms with Gasteiger partial charge in [0.25, 0.3) is 0 Å². The Hall–Kier alpha value is -3.60. The maximum absolute atomic E-state index is 12.3. The van der Waals surface area contributed by atoms with Crippen LogP contribution in [0.3, 0.4) is 0 Å². The van der Waals surface area contributed by atoms with Crippen LogP contribution in [0.15, 0.2) is 73.6 Å². The number of hydrogen-bond donors (Lipinski definition) is 0. The molecule has 0 N–H and O–H groups in total. The minimum absolute atomic E-state index is 0.0925. The summed E-state index contributed by atoms with van der Waals surface area (Å²) in [5.74, 6) is 1.47. The van der Waals surface area contributed by atoms with Crippen molar-refractivity contribution in [2.45, 2.75) is 13.0 Å². The summed E-state index contributed by atoms with van der Waals surface area (Å²) in [5, 5.41) is 4.03. The second kappa shape index (κ2) is 9.55. The number of nitrogens with zero attached hydrogens (tertiary/aromatic N) is 2. The number of carbonyl (C=O) groups is 1. The Kier molecular flexibility index (Phi) is 6.63. The normalized spacial score (nSPS) is 10.8. The van der Waals surface area contributed by atoms with Gasteiger partial charge < -0.3 is 9.47 Å². The van der Waals surface area contributed by atoms with Crippen LogP contribution >= 0.6 is 0 Å². The molecule has 5 nitrogen and oxygen atoms in total. The number of allylic oxidation sites excluding steroid dienone is 2. The Balaban J connectivity index is 1.76. The summed E-state index contributed by atoms with van der Waals surface area (Å²) in [4.78, 5) is 12.3. The zero-order valence-corrected chi connectivity index (χ0v) is 16.7. The Morgan fingerprint density at radius 2 is 2.00 bits per heavy atom. The Bertz CT molecular complexity index is 1030. The lowest BCUT2D eigenvalue weighted by Gasteiger charge is -2.13. The van der Waals surface area contributed by atoms with E-state index in [0.29, 0.717) is 12.2 Å². The number of rotatable bonds is 9. The SMILES string of the molecule is C=CCc1ccccc1OCc1cc(/C=C/C(=O)c2cnn(C)c2)ccc1OC. The molecule has 0 radical (unpaired) electrons. The lowest BCUT2D eigenvalue weighted by molar-refractivity contribution is 0.104. The summed E-state index contributed by atoms with van der Waals surface area (Å²) >= 11 is 0. The van der Waals surface area contributed by atoms with E-state index < -0.39 is 0 Å². The van der Waals surface area contributed by atoms with Crippen molar-refractivity contribution in [3.05, 3.63) is 95.8 Å². The number of ketones is 1. The fourth-order valence-corrected chi connectivity index (χ4v) is 2.96. The lowest BCUT2D eigenvalue weighted by Crippen LogP contribution is -2.01. The van der Waals surface area contributed by atoms with Gasteiger partial charge in [0, 0.05) is 18.8 Å². The van der Waals surface area contributed by atoms with Gasteiger partial charge in [-0.05, 0) is 41.8 Å². The van der Waals surface area contributed by atoms with E-state index in [2.05, 4.69) is 11.7 Å². The van der Waals surface area contributed by atoms with Crippen LogP contribution < -0.4 is 9.47 Å². The lowest BCUT2D eigenvalue weighted by atomic mass is 10.1. The van der Waals surface area contributed by atoms with Crippen molar-refractivity contribution in [3.8, 4) is 11.5 Å². The van der Waals surface area contributed by atoms with Crippen LogP contribution in [-0.4, -0.2) is 22.7 Å². The van der Waals surface area contributed by atoms with Crippen molar-refractivity contribution in [2.75, 3.05) is 7.11 Å². The van der Waals surface area contributed by atoms with Gasteiger partial charge in [-0.2, -0.15) is 5.10 Å². The van der Waals surface area contributed by atoms with Crippen LogP contribution in [0.4, 0.5) is 0 Å². The van der Waals surface area contributed by atoms with Crippen molar-refractivity contribution in [1.29, 1.82) is 0 Å². The maximum Gasteiger partial charge on any atom is 0.189 e. The molecule has 1 aromatic heterocycles. The molecular formula is C24H24N2O3. The van der Waals surface area contributed by atoms with Gasteiger partial charge in [0.05, 0.1) is 18.9 Å². The average molecular weight is 388 g/mol. The third-order valence-corrected chi connectivity index (χ3v) is 4.44. The molecule has 29 heavy (non-hydrogen) atoms. The highest BCUT2D eigenvalue weighted by atomic mass is 16.5. The molecule has 1 heterocycles. The van der Waals surface area contributed by atoms with Gasteiger partial charge in [-0.1, -0.05) is 36.4 Å². The van der Waals surface area contributed by atoms with Crippen LogP contribution in [0.5, 0.6) is 11.5 Å². The zero-order chi connectivity index (χ0) is 20.6. The van der Waals surface area contributed by atoms with E-state index in [0.717, 1.165) is 34.6 Å². The van der Waals surface area contributed by atoms with Crippen LogP contribution in [0.25, 0.3) is 6.08 Å². The quantitative estimate of drug-likeness (QED) is 0.305. The van der Waals surface area contributed by atoms with Gasteiger partial charge in [0.1, 0.15) is 18.1 Å². The number of aromatic nitrogens is 2. The predicted octanol–water partition coefficient (Wildman–Crippen LogP) is 4.63. The Morgan fingerprint density at radius 3 is 2.72 bits per heavy atom. The fourth-order valence-electron chi connectivity index (χ4n) is 2.96. The summed E-state index contributed by atoms with van der Waals surface area (Å²) in [6.45, 7) is 4.15. The van der Waals surface area contributed by atoms with Gasteiger partial charge in [-0.3, -0.25) is 9.48 Å². The van der Waals surface area contributed by atoms with E-state index >= 15 is 0 Å². The van der Waals surface area contributed by atoms with Crippen LogP contribution in [-0.2, 0) is 20.1 Å². The summed E-state index contributed by atoms with van der Waals surface area (Å²) in [6.07, 6.45) is 9.17. The van der Waals surface area contributed by atoms with E-state index in [-0.39, 0.29) is 5.78 Å². The first-order chi connectivity index (χ1) is 14.1. The topological polar surface area (TPSA) is 53.3 Å². The molecule has 3 rings (SSSR count). The predicted molar refractivity (Wildman–Crippen MR) is 114 cm³/mol. The number of para-hydroxylation sites is 1. The van der Waals surface area contributed by atoms with Gasteiger partial charge in [-0.15, -0.1) is 6.58 Å². The summed E-state index contributed by atoms with van der Waals surface area (Å²) in [7, 11) is 3.41. The molecular weight excluding hydrogens is 364 g/mol. The number of ether oxygens (including phenoxy) is 2. The monoisotopic (exact) mass is 388 g/mol. The molecule has 0 saturated heterocycles. The molecule has 0 aliphatic carbocycles. The molecule has 0 spiro atoms. The van der Waals surface area contributed by atoms with Gasteiger partial charge in [0.2, 0.25) is 0 Å². The Labute approximate surface area is 170 Å². The highest BCUT2D eigenvalue weighted by Crippen LogP contribution is 2.25. The largest absolute Gasteiger partial charge is 0.496 e. The van der Waals surface area contributed by atoms with Crippen LogP contribution in [0.1, 0.15) is 27.0 Å². The first-order valence-corrected chi connectivity index (χ1v) is 9.30. The molecule has 2 aromatic carbocycles. The first-order valence-electron chi connectivity index (χ1n) is 9.30. The number of hydrogen-bond acceptors (Lipinski definition) is 4. The second-order valence-electron chi connectivity index (χ2n) is 6.56. The van der Waals surface area contributed by atoms with E-state index in [4.69, 9.17) is 9.47 Å². The van der Waals surface area contributed by atoms with Crippen LogP contribution in [0.2, 0.25) is 0 Å². The van der Waals surface area contributed by atoms with E-state index in [9.17, 15) is 4.79 Å². The van der Waals surface area contributed by atoms with E-state index in [1.54, 1.807) is 43.4 Å². The second-order valence-corrected chi connectivity index (χ2v) is 6.56. The molecule has 0 unspecified atom stereocenters. The molecule has 0 fully saturated rings. The minimum Gasteiger partial charge on any atom is -0.496 e. The van der Waals surface area contributed by atoms with Gasteiger partial charge >= 0.3 is 0 Å². The molecule has 0 aliphatic heterocycles. The first kappa shape index (κ1) is 20.1. The molecule has 3 aromatic rings. The number of methoxy groups -OCH3 is 1. The van der Waals surface area contributed by atoms with Crippen LogP contribution in [0, 0.1) is 0 Å². The third-order valence-electron chi connectivity index (χ3n) is 4.44. The molecule has 0 aliphatic rings. The summed E-state index contributed by atoms with van der Waals surface area (Å²) in [6, 6.07) is 13.6. The molecule has 0 atom stereocenters. The van der Waals surface area contributed by atoms with Gasteiger partial charge in [0.15, 0.2) is 5.78 Å². The van der Waals surface area contributed by atoms with Crippen molar-refractivity contribution < 1.29 is 14.3 Å². The summed E-state index contributed by atoms with van der Waals surface area (Å²) < 4.78 is 13.1. The molecule has 0 saturated carbocycles. The minimum atomic E-state index is -0.0925. The molecule has 148 valence electrons. The summed E-state index contributed by atoms with van der Waals surface area (Å²) in [5.41, 5.74) is 3.43.